The van der Waals surface area contributed by atoms with Crippen LogP contribution in [-0.4, -0.2) is 24.6 Å². The average molecular weight is 639 g/mol. The Morgan fingerprint density at radius 2 is 1.02 bits per heavy atom. The number of rotatable bonds is 32. The van der Waals surface area contributed by atoms with Crippen molar-refractivity contribution < 1.29 is 19.1 Å². The molecule has 0 fully saturated rings. The lowest BCUT2D eigenvalue weighted by Gasteiger charge is -2.16. The van der Waals surface area contributed by atoms with Gasteiger partial charge < -0.3 is 9.47 Å². The van der Waals surface area contributed by atoms with E-state index in [0.717, 1.165) is 77.0 Å². The zero-order chi connectivity index (χ0) is 33.6. The minimum Gasteiger partial charge on any atom is -0.466 e. The summed E-state index contributed by atoms with van der Waals surface area (Å²) in [5, 5.41) is 0. The predicted molar refractivity (Wildman–Crippen MR) is 199 cm³/mol. The van der Waals surface area contributed by atoms with Crippen molar-refractivity contribution >= 4 is 11.9 Å². The molecule has 0 aliphatic heterocycles. The Morgan fingerprint density at radius 3 is 1.63 bits per heavy atom. The fourth-order valence-electron chi connectivity index (χ4n) is 4.84. The monoisotopic (exact) mass is 639 g/mol. The van der Waals surface area contributed by atoms with Crippen LogP contribution in [0.5, 0.6) is 0 Å². The van der Waals surface area contributed by atoms with Crippen molar-refractivity contribution in [3.8, 4) is 0 Å². The van der Waals surface area contributed by atoms with Crippen LogP contribution >= 0.6 is 0 Å². The summed E-state index contributed by atoms with van der Waals surface area (Å²) in [4.78, 5) is 23.7. The fourth-order valence-corrected chi connectivity index (χ4v) is 4.84. The fraction of sp³-hybridized carbons (Fsp3) is 0.667. The molecule has 0 radical (unpaired) electrons. The smallest absolute Gasteiger partial charge is 0.306 e. The summed E-state index contributed by atoms with van der Waals surface area (Å²) in [5.41, 5.74) is 0. The van der Waals surface area contributed by atoms with Gasteiger partial charge in [-0.2, -0.15) is 0 Å². The quantitative estimate of drug-likeness (QED) is 0.0418. The summed E-state index contributed by atoms with van der Waals surface area (Å²) >= 11 is 0. The van der Waals surface area contributed by atoms with Crippen LogP contribution < -0.4 is 0 Å². The van der Waals surface area contributed by atoms with Gasteiger partial charge in [-0.25, -0.2) is 0 Å². The van der Waals surface area contributed by atoms with Crippen molar-refractivity contribution in [1.82, 2.24) is 0 Å². The van der Waals surface area contributed by atoms with Gasteiger partial charge in [-0.15, -0.1) is 0 Å². The molecular weight excluding hydrogens is 568 g/mol. The van der Waals surface area contributed by atoms with Crippen molar-refractivity contribution in [1.29, 1.82) is 0 Å². The highest BCUT2D eigenvalue weighted by Gasteiger charge is 2.12. The molecule has 4 heteroatoms. The predicted octanol–water partition coefficient (Wildman–Crippen LogP) is 12.8. The zero-order valence-electron chi connectivity index (χ0n) is 30.1. The van der Waals surface area contributed by atoms with Gasteiger partial charge in [-0.05, 0) is 77.0 Å². The third kappa shape index (κ3) is 34.3. The van der Waals surface area contributed by atoms with Gasteiger partial charge >= 0.3 is 11.9 Å². The molecule has 0 spiro atoms. The summed E-state index contributed by atoms with van der Waals surface area (Å²) in [5.74, 6) is -0.154. The molecule has 46 heavy (non-hydrogen) atoms. The minimum atomic E-state index is -0.0999. The maximum atomic E-state index is 12.5. The van der Waals surface area contributed by atoms with Crippen LogP contribution in [-0.2, 0) is 19.1 Å². The van der Waals surface area contributed by atoms with E-state index in [-0.39, 0.29) is 18.0 Å². The molecule has 1 unspecified atom stereocenters. The van der Waals surface area contributed by atoms with E-state index in [1.807, 2.05) is 6.92 Å². The van der Waals surface area contributed by atoms with E-state index in [9.17, 15) is 9.59 Å². The van der Waals surface area contributed by atoms with E-state index < -0.39 is 0 Å². The second-order valence-corrected chi connectivity index (χ2v) is 12.1. The number of carbonyl (C=O) groups excluding carboxylic acids is 2. The van der Waals surface area contributed by atoms with Crippen LogP contribution in [0.3, 0.4) is 0 Å². The first kappa shape index (κ1) is 43.4. The molecular formula is C42H70O4. The molecule has 1 atom stereocenters. The molecule has 0 amide bonds. The van der Waals surface area contributed by atoms with Gasteiger partial charge in [0.25, 0.3) is 0 Å². The first-order valence-electron chi connectivity index (χ1n) is 18.9. The molecule has 0 bridgehead atoms. The molecule has 0 aliphatic rings. The molecule has 0 rings (SSSR count). The molecule has 0 aromatic carbocycles. The largest absolute Gasteiger partial charge is 0.466 e. The Kier molecular flexibility index (Phi) is 34.7. The lowest BCUT2D eigenvalue weighted by molar-refractivity contribution is -0.149. The second-order valence-electron chi connectivity index (χ2n) is 12.1. The highest BCUT2D eigenvalue weighted by molar-refractivity contribution is 5.69. The van der Waals surface area contributed by atoms with E-state index in [1.54, 1.807) is 0 Å². The van der Waals surface area contributed by atoms with Crippen molar-refractivity contribution in [2.24, 2.45) is 0 Å². The average Bonchev–Trinajstić information content (AvgIpc) is 3.06. The van der Waals surface area contributed by atoms with Gasteiger partial charge in [0.2, 0.25) is 0 Å². The van der Waals surface area contributed by atoms with E-state index >= 15 is 0 Å². The van der Waals surface area contributed by atoms with Gasteiger partial charge in [-0.3, -0.25) is 9.59 Å². The SMILES string of the molecule is CCC/C=C\C/C=C\C/C=C\C/C=C\C/C=C\CCCC(=O)OC(C/C=C\CCCCCCCCOC(=O)CC)CCCCCC. The third-order valence-electron chi connectivity index (χ3n) is 7.69. The molecule has 0 aromatic heterocycles. The summed E-state index contributed by atoms with van der Waals surface area (Å²) in [6, 6.07) is 0. The number of allylic oxidation sites excluding steroid dienone is 11. The first-order chi connectivity index (χ1) is 22.6. The van der Waals surface area contributed by atoms with Crippen molar-refractivity contribution in [3.63, 3.8) is 0 Å². The molecule has 0 aromatic rings. The number of unbranched alkanes of at least 4 members (excludes halogenated alkanes) is 11. The van der Waals surface area contributed by atoms with Crippen molar-refractivity contribution in [3.05, 3.63) is 72.9 Å². The van der Waals surface area contributed by atoms with E-state index in [2.05, 4.69) is 86.8 Å². The van der Waals surface area contributed by atoms with Crippen molar-refractivity contribution in [2.75, 3.05) is 6.61 Å². The topological polar surface area (TPSA) is 52.6 Å². The maximum absolute atomic E-state index is 12.5. The number of hydrogen-bond donors (Lipinski definition) is 0. The zero-order valence-corrected chi connectivity index (χ0v) is 30.1. The number of esters is 2. The standard InChI is InChI=1S/C42H70O4/c1-4-7-9-11-12-13-14-15-16-17-18-19-20-21-24-27-30-34-38-42(44)46-40(36-32-10-8-5-2)37-33-29-26-23-22-25-28-31-35-39-45-41(43)6-3/h9,11,13-14,16-17,19-20,24,27,29,33,40H,4-8,10,12,15,18,21-23,25-26,28,30-32,34-39H2,1-3H3/b11-9-,14-13-,17-16-,20-19-,27-24-,33-29-. The molecule has 0 saturated heterocycles. The van der Waals surface area contributed by atoms with Gasteiger partial charge in [-0.1, -0.05) is 145 Å². The van der Waals surface area contributed by atoms with Gasteiger partial charge in [0.15, 0.2) is 0 Å². The highest BCUT2D eigenvalue weighted by Crippen LogP contribution is 2.15. The van der Waals surface area contributed by atoms with Crippen LogP contribution in [0.4, 0.5) is 0 Å². The summed E-state index contributed by atoms with van der Waals surface area (Å²) in [6.45, 7) is 6.82. The summed E-state index contributed by atoms with van der Waals surface area (Å²) in [7, 11) is 0. The van der Waals surface area contributed by atoms with E-state index in [4.69, 9.17) is 9.47 Å². The second kappa shape index (κ2) is 36.8. The van der Waals surface area contributed by atoms with Crippen molar-refractivity contribution in [2.45, 2.75) is 175 Å². The van der Waals surface area contributed by atoms with Crippen LogP contribution in [0, 0.1) is 0 Å². The van der Waals surface area contributed by atoms with Crippen LogP contribution in [0.2, 0.25) is 0 Å². The number of carbonyl (C=O) groups is 2. The third-order valence-corrected chi connectivity index (χ3v) is 7.69. The Hall–Kier alpha value is -2.62. The molecule has 262 valence electrons. The summed E-state index contributed by atoms with van der Waals surface area (Å²) < 4.78 is 11.0. The molecule has 0 aliphatic carbocycles. The van der Waals surface area contributed by atoms with Gasteiger partial charge in [0.1, 0.15) is 6.10 Å². The lowest BCUT2D eigenvalue weighted by Crippen LogP contribution is -2.17. The molecule has 0 N–H and O–H groups in total. The maximum Gasteiger partial charge on any atom is 0.306 e. The highest BCUT2D eigenvalue weighted by atomic mass is 16.5. The Labute approximate surface area is 284 Å². The Morgan fingerprint density at radius 1 is 0.500 bits per heavy atom. The van der Waals surface area contributed by atoms with E-state index in [1.165, 1.54) is 57.8 Å². The first-order valence-corrected chi connectivity index (χ1v) is 18.9. The minimum absolute atomic E-state index is 0.000805. The van der Waals surface area contributed by atoms with Crippen LogP contribution in [0.15, 0.2) is 72.9 Å². The van der Waals surface area contributed by atoms with Crippen LogP contribution in [0.1, 0.15) is 168 Å². The molecule has 4 nitrogen and oxygen atoms in total. The molecule has 0 saturated carbocycles. The van der Waals surface area contributed by atoms with Crippen LogP contribution in [0.25, 0.3) is 0 Å². The van der Waals surface area contributed by atoms with Gasteiger partial charge in [0, 0.05) is 19.3 Å². The summed E-state index contributed by atoms with van der Waals surface area (Å²) in [6.07, 6.45) is 50.3. The normalized spacial score (nSPS) is 13.0. The number of hydrogen-bond acceptors (Lipinski definition) is 4. The van der Waals surface area contributed by atoms with E-state index in [0.29, 0.717) is 19.4 Å². The lowest BCUT2D eigenvalue weighted by atomic mass is 10.1. The Bertz CT molecular complexity index is 861. The van der Waals surface area contributed by atoms with Gasteiger partial charge in [0.05, 0.1) is 6.61 Å². The number of ether oxygens (including phenoxy) is 2. The molecule has 0 heterocycles. The Balaban J connectivity index is 4.04.